The third kappa shape index (κ3) is 3.25. The Kier molecular flexibility index (Phi) is 4.46. The monoisotopic (exact) mass is 453 g/mol. The van der Waals surface area contributed by atoms with E-state index < -0.39 is 0 Å². The molecule has 1 aliphatic carbocycles. The lowest BCUT2D eigenvalue weighted by Crippen LogP contribution is -2.43. The predicted octanol–water partition coefficient (Wildman–Crippen LogP) is 4.35. The number of rotatable bonds is 2. The summed E-state index contributed by atoms with van der Waals surface area (Å²) >= 11 is 3.60. The number of ketones is 1. The van der Waals surface area contributed by atoms with Gasteiger partial charge in [-0.25, -0.2) is 0 Å². The second-order valence-corrected chi connectivity index (χ2v) is 8.73. The largest absolute Gasteiger partial charge is 0.454 e. The van der Waals surface area contributed by atoms with Crippen LogP contribution >= 0.6 is 15.9 Å². The van der Waals surface area contributed by atoms with Gasteiger partial charge in [0.15, 0.2) is 11.5 Å². The van der Waals surface area contributed by atoms with Gasteiger partial charge >= 0.3 is 0 Å². The number of halogens is 1. The molecule has 5 rings (SSSR count). The number of allylic oxidation sites excluding steroid dienone is 2. The number of benzene rings is 2. The molecule has 29 heavy (non-hydrogen) atoms. The molecule has 0 bridgehead atoms. The van der Waals surface area contributed by atoms with E-state index in [0.717, 1.165) is 21.3 Å². The third-order valence-electron chi connectivity index (χ3n) is 5.97. The van der Waals surface area contributed by atoms with Gasteiger partial charge in [-0.2, -0.15) is 0 Å². The molecule has 3 aliphatic rings. The molecule has 2 aromatic rings. The molecule has 0 saturated carbocycles. The molecule has 1 N–H and O–H groups in total. The summed E-state index contributed by atoms with van der Waals surface area (Å²) in [5, 5.41) is 2.96. The molecular weight excluding hydrogens is 434 g/mol. The van der Waals surface area contributed by atoms with Gasteiger partial charge in [0, 0.05) is 34.8 Å². The van der Waals surface area contributed by atoms with Crippen molar-refractivity contribution < 1.29 is 19.1 Å². The molecule has 0 radical (unpaired) electrons. The van der Waals surface area contributed by atoms with Gasteiger partial charge in [0.05, 0.1) is 5.92 Å². The normalized spacial score (nSPS) is 25.3. The molecule has 3 atom stereocenters. The Labute approximate surface area is 177 Å². The van der Waals surface area contributed by atoms with Crippen molar-refractivity contribution in [3.63, 3.8) is 0 Å². The Morgan fingerprint density at radius 2 is 1.76 bits per heavy atom. The summed E-state index contributed by atoms with van der Waals surface area (Å²) < 4.78 is 11.8. The van der Waals surface area contributed by atoms with E-state index in [1.807, 2.05) is 19.1 Å². The molecule has 2 aromatic carbocycles. The molecule has 2 heterocycles. The average Bonchev–Trinajstić information content (AvgIpc) is 3.14. The highest BCUT2D eigenvalue weighted by molar-refractivity contribution is 9.10. The summed E-state index contributed by atoms with van der Waals surface area (Å²) in [5.41, 5.74) is 3.90. The zero-order valence-electron chi connectivity index (χ0n) is 15.9. The van der Waals surface area contributed by atoms with E-state index in [1.54, 1.807) is 0 Å². The minimum absolute atomic E-state index is 0.0198. The standard InChI is InChI=1S/C23H20BrNO4/c1-12-2-4-13(5-3-12)14-6-18-23(19(26)7-14)16(9-22(27)25-18)15-8-20-21(10-17(15)24)29-11-28-20/h2-6,8,10,14,16,23H,7,9,11H2,1H3,(H,25,27)/t14-,16-,23-/m1/s1. The van der Waals surface area contributed by atoms with Crippen molar-refractivity contribution in [1.82, 2.24) is 5.32 Å². The number of carbonyl (C=O) groups excluding carboxylic acids is 2. The lowest BCUT2D eigenvalue weighted by Gasteiger charge is -2.37. The SMILES string of the molecule is Cc1ccc([C@@H]2C=C3NC(=O)C[C@H](c4cc5c(cc4Br)OCO5)[C@H]3C(=O)C2)cc1. The summed E-state index contributed by atoms with van der Waals surface area (Å²) in [6.07, 6.45) is 2.76. The van der Waals surface area contributed by atoms with E-state index >= 15 is 0 Å². The Morgan fingerprint density at radius 1 is 1.03 bits per heavy atom. The molecule has 1 saturated heterocycles. The average molecular weight is 454 g/mol. The van der Waals surface area contributed by atoms with E-state index in [2.05, 4.69) is 51.6 Å². The number of aryl methyl sites for hydroxylation is 1. The smallest absolute Gasteiger partial charge is 0.231 e. The highest BCUT2D eigenvalue weighted by atomic mass is 79.9. The molecule has 1 fully saturated rings. The van der Waals surface area contributed by atoms with Crippen LogP contribution < -0.4 is 14.8 Å². The van der Waals surface area contributed by atoms with Gasteiger partial charge in [0.2, 0.25) is 12.7 Å². The van der Waals surface area contributed by atoms with Crippen LogP contribution in [0.2, 0.25) is 0 Å². The van der Waals surface area contributed by atoms with Crippen molar-refractivity contribution in [3.8, 4) is 11.5 Å². The van der Waals surface area contributed by atoms with Gasteiger partial charge in [-0.05, 0) is 30.2 Å². The number of hydrogen-bond acceptors (Lipinski definition) is 4. The number of nitrogens with one attached hydrogen (secondary N) is 1. The molecule has 0 spiro atoms. The number of ether oxygens (including phenoxy) is 2. The second kappa shape index (κ2) is 7.02. The first-order chi connectivity index (χ1) is 14.0. The number of Topliss-reactive ketones (excluding diaryl/α,β-unsaturated/α-hetero) is 1. The fourth-order valence-corrected chi connectivity index (χ4v) is 5.14. The molecule has 2 aliphatic heterocycles. The Hall–Kier alpha value is -2.60. The van der Waals surface area contributed by atoms with E-state index in [9.17, 15) is 9.59 Å². The summed E-state index contributed by atoms with van der Waals surface area (Å²) in [6.45, 7) is 2.22. The van der Waals surface area contributed by atoms with Crippen LogP contribution in [-0.4, -0.2) is 18.5 Å². The molecule has 0 unspecified atom stereocenters. The van der Waals surface area contributed by atoms with Crippen molar-refractivity contribution in [2.75, 3.05) is 6.79 Å². The topological polar surface area (TPSA) is 64.6 Å². The van der Waals surface area contributed by atoms with Gasteiger partial charge in [-0.3, -0.25) is 9.59 Å². The van der Waals surface area contributed by atoms with Gasteiger partial charge in [-0.15, -0.1) is 0 Å². The van der Waals surface area contributed by atoms with Crippen molar-refractivity contribution in [3.05, 3.63) is 69.3 Å². The van der Waals surface area contributed by atoms with E-state index in [0.29, 0.717) is 17.9 Å². The van der Waals surface area contributed by atoms with Gasteiger partial charge < -0.3 is 14.8 Å². The molecule has 148 valence electrons. The lowest BCUT2D eigenvalue weighted by molar-refractivity contribution is -0.127. The van der Waals surface area contributed by atoms with Crippen molar-refractivity contribution in [2.45, 2.75) is 31.6 Å². The second-order valence-electron chi connectivity index (χ2n) is 7.87. The first-order valence-electron chi connectivity index (χ1n) is 9.69. The van der Waals surface area contributed by atoms with E-state index in [4.69, 9.17) is 9.47 Å². The maximum atomic E-state index is 13.3. The fraction of sp³-hybridized carbons (Fsp3) is 0.304. The number of hydrogen-bond donors (Lipinski definition) is 1. The minimum Gasteiger partial charge on any atom is -0.454 e. The molecule has 5 nitrogen and oxygen atoms in total. The van der Waals surface area contributed by atoms with Crippen molar-refractivity contribution in [1.29, 1.82) is 0 Å². The number of amides is 1. The van der Waals surface area contributed by atoms with Crippen molar-refractivity contribution >= 4 is 27.6 Å². The number of piperidine rings is 1. The lowest BCUT2D eigenvalue weighted by atomic mass is 9.70. The van der Waals surface area contributed by atoms with Gasteiger partial charge in [0.25, 0.3) is 0 Å². The minimum atomic E-state index is -0.355. The van der Waals surface area contributed by atoms with Crippen LogP contribution in [0.3, 0.4) is 0 Å². The van der Waals surface area contributed by atoms with Crippen LogP contribution in [-0.2, 0) is 9.59 Å². The first kappa shape index (κ1) is 18.4. The summed E-state index contributed by atoms with van der Waals surface area (Å²) in [7, 11) is 0. The molecule has 1 amide bonds. The molecule has 0 aromatic heterocycles. The quantitative estimate of drug-likeness (QED) is 0.733. The summed E-state index contributed by atoms with van der Waals surface area (Å²) in [5.74, 6) is 0.804. The van der Waals surface area contributed by atoms with Crippen LogP contribution in [0.5, 0.6) is 11.5 Å². The van der Waals surface area contributed by atoms with E-state index in [-0.39, 0.29) is 42.7 Å². The number of fused-ring (bicyclic) bond motifs is 2. The molecular formula is C23H20BrNO4. The molecule has 6 heteroatoms. The predicted molar refractivity (Wildman–Crippen MR) is 111 cm³/mol. The highest BCUT2D eigenvalue weighted by Gasteiger charge is 2.43. The number of carbonyl (C=O) groups is 2. The first-order valence-corrected chi connectivity index (χ1v) is 10.5. The van der Waals surface area contributed by atoms with Crippen LogP contribution in [0, 0.1) is 12.8 Å². The highest BCUT2D eigenvalue weighted by Crippen LogP contribution is 2.47. The zero-order valence-corrected chi connectivity index (χ0v) is 17.5. The van der Waals surface area contributed by atoms with Crippen LogP contribution in [0.25, 0.3) is 0 Å². The Bertz CT molecular complexity index is 1040. The Morgan fingerprint density at radius 3 is 2.52 bits per heavy atom. The van der Waals surface area contributed by atoms with Crippen LogP contribution in [0.4, 0.5) is 0 Å². The van der Waals surface area contributed by atoms with Crippen molar-refractivity contribution in [2.24, 2.45) is 5.92 Å². The fourth-order valence-electron chi connectivity index (χ4n) is 4.52. The van der Waals surface area contributed by atoms with Crippen LogP contribution in [0.1, 0.15) is 41.4 Å². The summed E-state index contributed by atoms with van der Waals surface area (Å²) in [4.78, 5) is 25.8. The van der Waals surface area contributed by atoms with Gasteiger partial charge in [-0.1, -0.05) is 51.8 Å². The third-order valence-corrected chi connectivity index (χ3v) is 6.66. The summed E-state index contributed by atoms with van der Waals surface area (Å²) in [6, 6.07) is 12.0. The maximum Gasteiger partial charge on any atom is 0.231 e. The van der Waals surface area contributed by atoms with E-state index in [1.165, 1.54) is 5.56 Å². The maximum absolute atomic E-state index is 13.3. The Balaban J connectivity index is 1.53. The van der Waals surface area contributed by atoms with Crippen LogP contribution in [0.15, 0.2) is 52.6 Å². The van der Waals surface area contributed by atoms with Gasteiger partial charge in [0.1, 0.15) is 5.78 Å². The zero-order chi connectivity index (χ0) is 20.1.